The summed E-state index contributed by atoms with van der Waals surface area (Å²) in [5.41, 5.74) is 4.53. The van der Waals surface area contributed by atoms with Crippen LogP contribution in [0, 0.1) is 10.8 Å². The van der Waals surface area contributed by atoms with E-state index in [4.69, 9.17) is 10.8 Å². The fraction of sp³-hybridized carbons (Fsp3) is 0.280. The van der Waals surface area contributed by atoms with E-state index in [2.05, 4.69) is 37.0 Å². The number of hydrogen-bond donors (Lipinski definition) is 2. The molecule has 10 heteroatoms. The first-order chi connectivity index (χ1) is 17.0. The zero-order chi connectivity index (χ0) is 24.4. The number of nitrogens with zero attached hydrogens (tertiary/aromatic N) is 8. The predicted molar refractivity (Wildman–Crippen MR) is 134 cm³/mol. The molecule has 5 rings (SSSR count). The average Bonchev–Trinajstić information content (AvgIpc) is 3.31. The molecule has 0 aliphatic carbocycles. The number of benzene rings is 1. The van der Waals surface area contributed by atoms with Crippen molar-refractivity contribution in [3.05, 3.63) is 72.2 Å². The monoisotopic (exact) mass is 468 g/mol. The zero-order valence-electron chi connectivity index (χ0n) is 19.9. The number of rotatable bonds is 5. The number of anilines is 1. The Morgan fingerprint density at radius 2 is 1.71 bits per heavy atom. The molecule has 35 heavy (non-hydrogen) atoms. The molecule has 0 bridgehead atoms. The minimum atomic E-state index is 0.154. The smallest absolute Gasteiger partial charge is 0.159 e. The Kier molecular flexibility index (Phi) is 6.19. The first kappa shape index (κ1) is 22.6. The number of likely N-dealkylation sites (N-methyl/N-ethyl adjacent to an activating group) is 1. The fourth-order valence-corrected chi connectivity index (χ4v) is 4.12. The molecule has 1 aromatic carbocycles. The van der Waals surface area contributed by atoms with Crippen LogP contribution in [-0.2, 0) is 13.5 Å². The second-order valence-electron chi connectivity index (χ2n) is 8.80. The Bertz CT molecular complexity index is 1390. The minimum absolute atomic E-state index is 0.154. The summed E-state index contributed by atoms with van der Waals surface area (Å²) in [5, 5.41) is 25.6. The minimum Gasteiger partial charge on any atom is -0.366 e. The highest BCUT2D eigenvalue weighted by molar-refractivity contribution is 5.83. The molecule has 0 saturated carbocycles. The van der Waals surface area contributed by atoms with E-state index in [0.29, 0.717) is 17.9 Å². The van der Waals surface area contributed by atoms with Crippen LogP contribution in [0.25, 0.3) is 22.6 Å². The van der Waals surface area contributed by atoms with Crippen LogP contribution in [0.1, 0.15) is 5.56 Å². The van der Waals surface area contributed by atoms with Crippen molar-refractivity contribution in [1.29, 1.82) is 10.8 Å². The van der Waals surface area contributed by atoms with E-state index in [9.17, 15) is 0 Å². The van der Waals surface area contributed by atoms with Crippen molar-refractivity contribution in [1.82, 2.24) is 34.4 Å². The molecular weight excluding hydrogens is 440 g/mol. The molecule has 0 unspecified atom stereocenters. The van der Waals surface area contributed by atoms with Crippen molar-refractivity contribution >= 4 is 11.5 Å². The summed E-state index contributed by atoms with van der Waals surface area (Å²) < 4.78 is 3.06. The Morgan fingerprint density at radius 1 is 0.943 bits per heavy atom. The van der Waals surface area contributed by atoms with Gasteiger partial charge in [-0.2, -0.15) is 10.2 Å². The third-order valence-corrected chi connectivity index (χ3v) is 6.15. The second kappa shape index (κ2) is 9.59. The lowest BCUT2D eigenvalue weighted by Gasteiger charge is -2.33. The van der Waals surface area contributed by atoms with Gasteiger partial charge in [0.25, 0.3) is 0 Å². The SMILES string of the molecule is CN1CCN(c2cnc(-c3cccc(CC(=N)n4nc(-c5cnn(C)c5)ccc4=N)c3)nc2)CC1. The van der Waals surface area contributed by atoms with Gasteiger partial charge in [-0.3, -0.25) is 15.5 Å². The van der Waals surface area contributed by atoms with Crippen LogP contribution in [0.15, 0.2) is 61.2 Å². The predicted octanol–water partition coefficient (Wildman–Crippen LogP) is 2.04. The summed E-state index contributed by atoms with van der Waals surface area (Å²) in [5.74, 6) is 0.867. The Balaban J connectivity index is 1.32. The van der Waals surface area contributed by atoms with E-state index < -0.39 is 0 Å². The van der Waals surface area contributed by atoms with E-state index >= 15 is 0 Å². The van der Waals surface area contributed by atoms with Crippen molar-refractivity contribution in [2.45, 2.75) is 6.42 Å². The fourth-order valence-electron chi connectivity index (χ4n) is 4.12. The first-order valence-electron chi connectivity index (χ1n) is 11.5. The molecule has 1 saturated heterocycles. The van der Waals surface area contributed by atoms with E-state index in [0.717, 1.165) is 48.6 Å². The molecular formula is C25H28N10. The van der Waals surface area contributed by atoms with Gasteiger partial charge in [0.1, 0.15) is 11.3 Å². The first-order valence-corrected chi connectivity index (χ1v) is 11.5. The molecule has 0 atom stereocenters. The van der Waals surface area contributed by atoms with Gasteiger partial charge in [-0.15, -0.1) is 0 Å². The summed E-state index contributed by atoms with van der Waals surface area (Å²) >= 11 is 0. The average molecular weight is 469 g/mol. The van der Waals surface area contributed by atoms with Crippen molar-refractivity contribution in [2.75, 3.05) is 38.1 Å². The maximum atomic E-state index is 8.62. The lowest BCUT2D eigenvalue weighted by molar-refractivity contribution is 0.312. The van der Waals surface area contributed by atoms with Gasteiger partial charge < -0.3 is 9.80 Å². The molecule has 1 fully saturated rings. The van der Waals surface area contributed by atoms with Crippen LogP contribution in [-0.4, -0.2) is 73.5 Å². The number of hydrogen-bond acceptors (Lipinski definition) is 8. The summed E-state index contributed by atoms with van der Waals surface area (Å²) in [6, 6.07) is 11.3. The maximum Gasteiger partial charge on any atom is 0.159 e. The summed E-state index contributed by atoms with van der Waals surface area (Å²) in [4.78, 5) is 13.8. The van der Waals surface area contributed by atoms with Gasteiger partial charge >= 0.3 is 0 Å². The van der Waals surface area contributed by atoms with Gasteiger partial charge in [-0.25, -0.2) is 14.6 Å². The summed E-state index contributed by atoms with van der Waals surface area (Å²) in [7, 11) is 3.98. The molecule has 1 aliphatic rings. The molecule has 10 nitrogen and oxygen atoms in total. The Morgan fingerprint density at radius 3 is 2.43 bits per heavy atom. The van der Waals surface area contributed by atoms with Gasteiger partial charge in [0.2, 0.25) is 0 Å². The van der Waals surface area contributed by atoms with Crippen LogP contribution in [0.2, 0.25) is 0 Å². The van der Waals surface area contributed by atoms with Crippen LogP contribution >= 0.6 is 0 Å². The third-order valence-electron chi connectivity index (χ3n) is 6.15. The standard InChI is InChI=1S/C25H28N10/c1-32-8-10-34(11-9-32)21-15-28-25(29-16-21)19-5-3-4-18(12-19)13-24(27)35-23(26)7-6-22(31-35)20-14-30-33(2)17-20/h3-7,12,14-17,26-27H,8-11,13H2,1-2H3. The molecule has 4 aromatic rings. The normalized spacial score (nSPS) is 14.3. The molecule has 1 aliphatic heterocycles. The second-order valence-corrected chi connectivity index (χ2v) is 8.80. The summed E-state index contributed by atoms with van der Waals surface area (Å²) in [6.45, 7) is 4.02. The quantitative estimate of drug-likeness (QED) is 0.342. The topological polar surface area (TPSA) is 116 Å². The highest BCUT2D eigenvalue weighted by Crippen LogP contribution is 2.20. The lowest BCUT2D eigenvalue weighted by atomic mass is 10.1. The number of aromatic nitrogens is 6. The van der Waals surface area contributed by atoms with E-state index in [-0.39, 0.29) is 11.3 Å². The maximum absolute atomic E-state index is 8.62. The number of nitrogens with one attached hydrogen (secondary N) is 2. The summed E-state index contributed by atoms with van der Waals surface area (Å²) in [6.07, 6.45) is 7.68. The van der Waals surface area contributed by atoms with Gasteiger partial charge in [0, 0.05) is 57.0 Å². The van der Waals surface area contributed by atoms with E-state index in [1.165, 1.54) is 4.68 Å². The largest absolute Gasteiger partial charge is 0.366 e. The molecule has 0 amide bonds. The molecule has 4 heterocycles. The molecule has 3 aromatic heterocycles. The van der Waals surface area contributed by atoms with Crippen LogP contribution in [0.4, 0.5) is 5.69 Å². The van der Waals surface area contributed by atoms with Gasteiger partial charge in [0.05, 0.1) is 30.0 Å². The van der Waals surface area contributed by atoms with Crippen LogP contribution in [0.3, 0.4) is 0 Å². The molecule has 0 spiro atoms. The highest BCUT2D eigenvalue weighted by Gasteiger charge is 2.15. The van der Waals surface area contributed by atoms with Crippen molar-refractivity contribution in [2.24, 2.45) is 7.05 Å². The molecule has 0 radical (unpaired) electrons. The number of aryl methyl sites for hydroxylation is 1. The third kappa shape index (κ3) is 5.02. The van der Waals surface area contributed by atoms with Crippen molar-refractivity contribution < 1.29 is 0 Å². The van der Waals surface area contributed by atoms with Gasteiger partial charge in [-0.1, -0.05) is 18.2 Å². The van der Waals surface area contributed by atoms with E-state index in [1.54, 1.807) is 23.0 Å². The Hall–Kier alpha value is -4.18. The van der Waals surface area contributed by atoms with E-state index in [1.807, 2.05) is 49.9 Å². The van der Waals surface area contributed by atoms with Crippen molar-refractivity contribution in [3.63, 3.8) is 0 Å². The lowest BCUT2D eigenvalue weighted by Crippen LogP contribution is -2.44. The van der Waals surface area contributed by atoms with Gasteiger partial charge in [-0.05, 0) is 30.8 Å². The number of piperazine rings is 1. The van der Waals surface area contributed by atoms with Gasteiger partial charge in [0.15, 0.2) is 5.82 Å². The highest BCUT2D eigenvalue weighted by atomic mass is 15.3. The molecule has 178 valence electrons. The van der Waals surface area contributed by atoms with Crippen LogP contribution < -0.4 is 10.4 Å². The molecule has 2 N–H and O–H groups in total. The van der Waals surface area contributed by atoms with Crippen molar-refractivity contribution in [3.8, 4) is 22.6 Å². The van der Waals surface area contributed by atoms with Crippen LogP contribution in [0.5, 0.6) is 0 Å². The Labute approximate surface area is 203 Å². The zero-order valence-corrected chi connectivity index (χ0v) is 19.9.